The smallest absolute Gasteiger partial charge is 0.143 e. The number of nitrogens with one attached hydrogen (secondary N) is 2. The molecule has 0 amide bonds. The quantitative estimate of drug-likeness (QED) is 0.724. The first kappa shape index (κ1) is 7.72. The van der Waals surface area contributed by atoms with Gasteiger partial charge < -0.3 is 5.32 Å². The molecule has 0 aliphatic rings. The van der Waals surface area contributed by atoms with Crippen LogP contribution in [0.4, 0.5) is 5.69 Å². The largest absolute Gasteiger partial charge is 0.378 e. The van der Waals surface area contributed by atoms with Gasteiger partial charge in [0.2, 0.25) is 0 Å². The fourth-order valence-electron chi connectivity index (χ4n) is 0.972. The van der Waals surface area contributed by atoms with Gasteiger partial charge in [0.05, 0.1) is 6.54 Å². The SMILES string of the molecule is c1cc(NCc2ncn[nH]2)ccn1. The lowest BCUT2D eigenvalue weighted by Gasteiger charge is -2.01. The highest BCUT2D eigenvalue weighted by Gasteiger charge is 1.94. The summed E-state index contributed by atoms with van der Waals surface area (Å²) in [6, 6.07) is 3.80. The van der Waals surface area contributed by atoms with Crippen molar-refractivity contribution in [1.29, 1.82) is 0 Å². The van der Waals surface area contributed by atoms with Crippen LogP contribution in [0.3, 0.4) is 0 Å². The molecule has 2 aromatic heterocycles. The summed E-state index contributed by atoms with van der Waals surface area (Å²) in [5.74, 6) is 0.816. The molecular weight excluding hydrogens is 166 g/mol. The van der Waals surface area contributed by atoms with Gasteiger partial charge >= 0.3 is 0 Å². The predicted octanol–water partition coefficient (Wildman–Crippen LogP) is 0.812. The lowest BCUT2D eigenvalue weighted by Crippen LogP contribution is -2.00. The molecule has 0 fully saturated rings. The fraction of sp³-hybridized carbons (Fsp3) is 0.125. The van der Waals surface area contributed by atoms with Gasteiger partial charge in [-0.15, -0.1) is 0 Å². The summed E-state index contributed by atoms with van der Waals surface area (Å²) >= 11 is 0. The maximum Gasteiger partial charge on any atom is 0.143 e. The van der Waals surface area contributed by atoms with Crippen molar-refractivity contribution in [2.45, 2.75) is 6.54 Å². The number of anilines is 1. The van der Waals surface area contributed by atoms with Crippen molar-refractivity contribution in [2.75, 3.05) is 5.32 Å². The second-order valence-electron chi connectivity index (χ2n) is 2.52. The molecule has 2 heterocycles. The molecule has 66 valence electrons. The van der Waals surface area contributed by atoms with E-state index in [4.69, 9.17) is 0 Å². The molecule has 0 spiro atoms. The van der Waals surface area contributed by atoms with E-state index >= 15 is 0 Å². The third kappa shape index (κ3) is 2.02. The van der Waals surface area contributed by atoms with E-state index in [1.807, 2.05) is 12.1 Å². The van der Waals surface area contributed by atoms with Crippen molar-refractivity contribution in [2.24, 2.45) is 0 Å². The maximum atomic E-state index is 3.99. The molecule has 5 nitrogen and oxygen atoms in total. The molecule has 5 heteroatoms. The average molecular weight is 175 g/mol. The first-order valence-corrected chi connectivity index (χ1v) is 3.93. The van der Waals surface area contributed by atoms with Crippen molar-refractivity contribution >= 4 is 5.69 Å². The topological polar surface area (TPSA) is 66.5 Å². The van der Waals surface area contributed by atoms with E-state index in [-0.39, 0.29) is 0 Å². The first-order valence-electron chi connectivity index (χ1n) is 3.93. The van der Waals surface area contributed by atoms with Crippen LogP contribution >= 0.6 is 0 Å². The summed E-state index contributed by atoms with van der Waals surface area (Å²) in [6.07, 6.45) is 4.97. The van der Waals surface area contributed by atoms with Crippen molar-refractivity contribution in [3.8, 4) is 0 Å². The molecule has 2 rings (SSSR count). The van der Waals surface area contributed by atoms with Crippen LogP contribution in [0.15, 0.2) is 30.9 Å². The average Bonchev–Trinajstić information content (AvgIpc) is 2.69. The molecule has 0 unspecified atom stereocenters. The van der Waals surface area contributed by atoms with Gasteiger partial charge in [0.1, 0.15) is 12.2 Å². The molecule has 0 saturated heterocycles. The van der Waals surface area contributed by atoms with Gasteiger partial charge in [-0.05, 0) is 12.1 Å². The molecule has 0 aliphatic heterocycles. The van der Waals surface area contributed by atoms with E-state index in [1.54, 1.807) is 12.4 Å². The summed E-state index contributed by atoms with van der Waals surface area (Å²) in [4.78, 5) is 7.90. The van der Waals surface area contributed by atoms with Crippen LogP contribution in [0.2, 0.25) is 0 Å². The van der Waals surface area contributed by atoms with Gasteiger partial charge in [-0.3, -0.25) is 10.1 Å². The lowest BCUT2D eigenvalue weighted by molar-refractivity contribution is 0.954. The number of aromatic nitrogens is 4. The van der Waals surface area contributed by atoms with E-state index in [2.05, 4.69) is 25.5 Å². The summed E-state index contributed by atoms with van der Waals surface area (Å²) in [6.45, 7) is 0.643. The molecule has 2 aromatic rings. The van der Waals surface area contributed by atoms with Gasteiger partial charge in [0, 0.05) is 18.1 Å². The third-order valence-corrected chi connectivity index (χ3v) is 1.61. The first-order chi connectivity index (χ1) is 6.45. The Morgan fingerprint density at radius 1 is 1.31 bits per heavy atom. The van der Waals surface area contributed by atoms with Gasteiger partial charge in [0.15, 0.2) is 0 Å². The Morgan fingerprint density at radius 2 is 2.15 bits per heavy atom. The highest BCUT2D eigenvalue weighted by Crippen LogP contribution is 2.03. The molecule has 2 N–H and O–H groups in total. The van der Waals surface area contributed by atoms with E-state index < -0.39 is 0 Å². The third-order valence-electron chi connectivity index (χ3n) is 1.61. The van der Waals surface area contributed by atoms with Gasteiger partial charge in [-0.2, -0.15) is 5.10 Å². The Labute approximate surface area is 75.2 Å². The van der Waals surface area contributed by atoms with Crippen molar-refractivity contribution in [3.63, 3.8) is 0 Å². The summed E-state index contributed by atoms with van der Waals surface area (Å²) < 4.78 is 0. The monoisotopic (exact) mass is 175 g/mol. The number of aromatic amines is 1. The van der Waals surface area contributed by atoms with Crippen molar-refractivity contribution in [3.05, 3.63) is 36.7 Å². The van der Waals surface area contributed by atoms with Gasteiger partial charge in [0.25, 0.3) is 0 Å². The van der Waals surface area contributed by atoms with Gasteiger partial charge in [-0.25, -0.2) is 4.98 Å². The molecule has 0 radical (unpaired) electrons. The predicted molar refractivity (Wildman–Crippen MR) is 47.9 cm³/mol. The highest BCUT2D eigenvalue weighted by atomic mass is 15.2. The minimum absolute atomic E-state index is 0.643. The number of rotatable bonds is 3. The Balaban J connectivity index is 1.94. The second-order valence-corrected chi connectivity index (χ2v) is 2.52. The van der Waals surface area contributed by atoms with E-state index in [9.17, 15) is 0 Å². The van der Waals surface area contributed by atoms with Crippen molar-refractivity contribution < 1.29 is 0 Å². The Hall–Kier alpha value is -1.91. The van der Waals surface area contributed by atoms with Crippen LogP contribution in [0.1, 0.15) is 5.82 Å². The minimum Gasteiger partial charge on any atom is -0.378 e. The number of hydrogen-bond donors (Lipinski definition) is 2. The zero-order valence-electron chi connectivity index (χ0n) is 6.94. The Bertz CT molecular complexity index is 342. The van der Waals surface area contributed by atoms with Crippen LogP contribution in [-0.2, 0) is 6.54 Å². The molecule has 0 saturated carbocycles. The van der Waals surface area contributed by atoms with Crippen LogP contribution in [0.25, 0.3) is 0 Å². The Morgan fingerprint density at radius 3 is 2.85 bits per heavy atom. The highest BCUT2D eigenvalue weighted by molar-refractivity contribution is 5.40. The fourth-order valence-corrected chi connectivity index (χ4v) is 0.972. The zero-order valence-corrected chi connectivity index (χ0v) is 6.94. The van der Waals surface area contributed by atoms with Crippen molar-refractivity contribution in [1.82, 2.24) is 20.2 Å². The summed E-state index contributed by atoms with van der Waals surface area (Å²) in [5, 5.41) is 9.69. The van der Waals surface area contributed by atoms with Crippen LogP contribution in [-0.4, -0.2) is 20.2 Å². The van der Waals surface area contributed by atoms with E-state index in [0.717, 1.165) is 11.5 Å². The summed E-state index contributed by atoms with van der Waals surface area (Å²) in [7, 11) is 0. The second kappa shape index (κ2) is 3.66. The van der Waals surface area contributed by atoms with Crippen LogP contribution < -0.4 is 5.32 Å². The maximum absolute atomic E-state index is 3.99. The number of nitrogens with zero attached hydrogens (tertiary/aromatic N) is 3. The standard InChI is InChI=1S/C8H9N5/c1-3-9-4-2-7(1)10-5-8-11-6-12-13-8/h1-4,6H,5H2,(H,9,10)(H,11,12,13). The van der Waals surface area contributed by atoms with E-state index in [0.29, 0.717) is 6.54 Å². The Kier molecular flexibility index (Phi) is 2.18. The summed E-state index contributed by atoms with van der Waals surface area (Å²) in [5.41, 5.74) is 1.02. The van der Waals surface area contributed by atoms with Gasteiger partial charge in [-0.1, -0.05) is 0 Å². The molecule has 13 heavy (non-hydrogen) atoms. The molecule has 0 aliphatic carbocycles. The number of hydrogen-bond acceptors (Lipinski definition) is 4. The number of H-pyrrole nitrogens is 1. The lowest BCUT2D eigenvalue weighted by atomic mass is 10.4. The number of pyridine rings is 1. The molecule has 0 bridgehead atoms. The van der Waals surface area contributed by atoms with Crippen LogP contribution in [0.5, 0.6) is 0 Å². The molecular formula is C8H9N5. The zero-order chi connectivity index (χ0) is 8.93. The normalized spacial score (nSPS) is 9.85. The minimum atomic E-state index is 0.643. The molecule has 0 aromatic carbocycles. The van der Waals surface area contributed by atoms with E-state index in [1.165, 1.54) is 6.33 Å². The van der Waals surface area contributed by atoms with Crippen LogP contribution in [0, 0.1) is 0 Å². The molecule has 0 atom stereocenters.